The van der Waals surface area contributed by atoms with Gasteiger partial charge in [-0.1, -0.05) is 18.2 Å². The van der Waals surface area contributed by atoms with Gasteiger partial charge in [0.15, 0.2) is 11.5 Å². The van der Waals surface area contributed by atoms with Gasteiger partial charge in [-0.25, -0.2) is 10.4 Å². The van der Waals surface area contributed by atoms with Gasteiger partial charge in [-0.3, -0.25) is 4.79 Å². The summed E-state index contributed by atoms with van der Waals surface area (Å²) in [6, 6.07) is 18.5. The third-order valence-corrected chi connectivity index (χ3v) is 5.12. The topological polar surface area (TPSA) is 97.8 Å². The van der Waals surface area contributed by atoms with E-state index >= 15 is 0 Å². The number of methoxy groups -OCH3 is 3. The summed E-state index contributed by atoms with van der Waals surface area (Å²) in [5, 5.41) is 4.05. The van der Waals surface area contributed by atoms with Crippen molar-refractivity contribution in [1.82, 2.24) is 15.4 Å². The number of amides is 1. The van der Waals surface area contributed by atoms with Crippen LogP contribution in [-0.2, 0) is 6.42 Å². The smallest absolute Gasteiger partial charge is 0.271 e. The fourth-order valence-electron chi connectivity index (χ4n) is 3.47. The number of para-hydroxylation sites is 1. The standard InChI is InChI=1S/C25H24N4O4/c1-31-21-7-5-4-6-18(21)15-26-29-25(30)17-9-10-19-20(14-17)28-24(27-19)13-16-8-11-22(32-2)23(12-16)33-3/h4-12,14-15H,13H2,1-3H3,(H,27,28)(H,29,30)/b26-15-. The molecule has 8 nitrogen and oxygen atoms in total. The molecule has 0 aliphatic carbocycles. The van der Waals surface area contributed by atoms with Crippen molar-refractivity contribution in [2.24, 2.45) is 5.10 Å². The highest BCUT2D eigenvalue weighted by Gasteiger charge is 2.11. The van der Waals surface area contributed by atoms with E-state index in [1.807, 2.05) is 48.5 Å². The largest absolute Gasteiger partial charge is 0.496 e. The molecule has 8 heteroatoms. The molecular weight excluding hydrogens is 420 g/mol. The third kappa shape index (κ3) is 4.95. The van der Waals surface area contributed by atoms with Gasteiger partial charge in [0.05, 0.1) is 38.6 Å². The van der Waals surface area contributed by atoms with Crippen molar-refractivity contribution in [3.63, 3.8) is 0 Å². The molecule has 3 aromatic carbocycles. The van der Waals surface area contributed by atoms with Crippen LogP contribution in [0, 0.1) is 0 Å². The molecule has 0 spiro atoms. The summed E-state index contributed by atoms with van der Waals surface area (Å²) >= 11 is 0. The summed E-state index contributed by atoms with van der Waals surface area (Å²) in [4.78, 5) is 20.5. The second-order valence-corrected chi connectivity index (χ2v) is 7.22. The first-order chi connectivity index (χ1) is 16.1. The molecule has 0 radical (unpaired) electrons. The first-order valence-corrected chi connectivity index (χ1v) is 10.3. The van der Waals surface area contributed by atoms with Crippen LogP contribution >= 0.6 is 0 Å². The second kappa shape index (κ2) is 9.86. The molecule has 0 bridgehead atoms. The van der Waals surface area contributed by atoms with E-state index in [0.29, 0.717) is 29.2 Å². The zero-order valence-electron chi connectivity index (χ0n) is 18.6. The number of hydrazone groups is 1. The van der Waals surface area contributed by atoms with Gasteiger partial charge in [0.1, 0.15) is 11.6 Å². The maximum atomic E-state index is 12.5. The fourth-order valence-corrected chi connectivity index (χ4v) is 3.47. The van der Waals surface area contributed by atoms with Gasteiger partial charge in [0, 0.05) is 17.5 Å². The molecule has 168 valence electrons. The van der Waals surface area contributed by atoms with Crippen molar-refractivity contribution < 1.29 is 19.0 Å². The Labute approximate surface area is 191 Å². The number of H-pyrrole nitrogens is 1. The Kier molecular flexibility index (Phi) is 6.54. The highest BCUT2D eigenvalue weighted by Crippen LogP contribution is 2.28. The lowest BCUT2D eigenvalue weighted by molar-refractivity contribution is 0.0955. The van der Waals surface area contributed by atoms with Crippen LogP contribution in [0.5, 0.6) is 17.2 Å². The molecule has 0 saturated carbocycles. The average Bonchev–Trinajstić information content (AvgIpc) is 3.25. The molecule has 0 atom stereocenters. The van der Waals surface area contributed by atoms with Gasteiger partial charge in [0.25, 0.3) is 5.91 Å². The molecule has 0 aliphatic rings. The highest BCUT2D eigenvalue weighted by atomic mass is 16.5. The van der Waals surface area contributed by atoms with Gasteiger partial charge in [-0.15, -0.1) is 0 Å². The fraction of sp³-hybridized carbons (Fsp3) is 0.160. The van der Waals surface area contributed by atoms with E-state index in [2.05, 4.69) is 20.5 Å². The molecular formula is C25H24N4O4. The Balaban J connectivity index is 1.47. The number of carbonyl (C=O) groups excluding carboxylic acids is 1. The number of aromatic amines is 1. The number of benzene rings is 3. The van der Waals surface area contributed by atoms with Gasteiger partial charge < -0.3 is 19.2 Å². The number of hydrogen-bond donors (Lipinski definition) is 2. The van der Waals surface area contributed by atoms with E-state index in [9.17, 15) is 4.79 Å². The van der Waals surface area contributed by atoms with E-state index in [0.717, 1.165) is 28.0 Å². The first-order valence-electron chi connectivity index (χ1n) is 10.3. The zero-order valence-corrected chi connectivity index (χ0v) is 18.6. The number of aromatic nitrogens is 2. The minimum absolute atomic E-state index is 0.320. The predicted molar refractivity (Wildman–Crippen MR) is 126 cm³/mol. The number of carbonyl (C=O) groups is 1. The molecule has 4 rings (SSSR count). The summed E-state index contributed by atoms with van der Waals surface area (Å²) in [7, 11) is 4.80. The normalized spacial score (nSPS) is 11.0. The Morgan fingerprint density at radius 2 is 1.76 bits per heavy atom. The van der Waals surface area contributed by atoms with Crippen LogP contribution in [-0.4, -0.2) is 43.4 Å². The summed E-state index contributed by atoms with van der Waals surface area (Å²) < 4.78 is 15.9. The summed E-state index contributed by atoms with van der Waals surface area (Å²) in [6.07, 6.45) is 2.13. The van der Waals surface area contributed by atoms with Gasteiger partial charge >= 0.3 is 0 Å². The molecule has 33 heavy (non-hydrogen) atoms. The van der Waals surface area contributed by atoms with Crippen LogP contribution in [0.4, 0.5) is 0 Å². The molecule has 2 N–H and O–H groups in total. The zero-order chi connectivity index (χ0) is 23.2. The van der Waals surface area contributed by atoms with E-state index in [4.69, 9.17) is 14.2 Å². The van der Waals surface area contributed by atoms with Crippen molar-refractivity contribution in [3.05, 3.63) is 83.2 Å². The minimum Gasteiger partial charge on any atom is -0.496 e. The average molecular weight is 444 g/mol. The lowest BCUT2D eigenvalue weighted by atomic mass is 10.1. The Bertz CT molecular complexity index is 1310. The molecule has 1 heterocycles. The molecule has 0 unspecified atom stereocenters. The quantitative estimate of drug-likeness (QED) is 0.317. The molecule has 0 fully saturated rings. The summed E-state index contributed by atoms with van der Waals surface area (Å²) in [6.45, 7) is 0. The van der Waals surface area contributed by atoms with E-state index < -0.39 is 0 Å². The number of fused-ring (bicyclic) bond motifs is 1. The van der Waals surface area contributed by atoms with Crippen LogP contribution in [0.2, 0.25) is 0 Å². The number of nitrogens with one attached hydrogen (secondary N) is 2. The van der Waals surface area contributed by atoms with Crippen LogP contribution in [0.1, 0.15) is 27.3 Å². The Hall–Kier alpha value is -4.33. The lowest BCUT2D eigenvalue weighted by Crippen LogP contribution is -2.17. The lowest BCUT2D eigenvalue weighted by Gasteiger charge is -2.08. The predicted octanol–water partition coefficient (Wildman–Crippen LogP) is 3.94. The molecule has 1 amide bonds. The molecule has 0 saturated heterocycles. The first kappa shape index (κ1) is 21.9. The number of ether oxygens (including phenoxy) is 3. The third-order valence-electron chi connectivity index (χ3n) is 5.12. The summed E-state index contributed by atoms with van der Waals surface area (Å²) in [5.41, 5.74) is 6.36. The van der Waals surface area contributed by atoms with E-state index in [-0.39, 0.29) is 5.91 Å². The molecule has 1 aromatic heterocycles. The van der Waals surface area contributed by atoms with Crippen LogP contribution < -0.4 is 19.6 Å². The minimum atomic E-state index is -0.320. The number of hydrogen-bond acceptors (Lipinski definition) is 6. The van der Waals surface area contributed by atoms with Gasteiger partial charge in [-0.2, -0.15) is 5.10 Å². The Morgan fingerprint density at radius 1 is 0.970 bits per heavy atom. The van der Waals surface area contributed by atoms with Crippen LogP contribution in [0.3, 0.4) is 0 Å². The monoisotopic (exact) mass is 444 g/mol. The van der Waals surface area contributed by atoms with Crippen molar-refractivity contribution in [3.8, 4) is 17.2 Å². The molecule has 0 aliphatic heterocycles. The van der Waals surface area contributed by atoms with Crippen molar-refractivity contribution >= 4 is 23.2 Å². The number of imidazole rings is 1. The summed E-state index contributed by atoms with van der Waals surface area (Å²) in [5.74, 6) is 2.48. The second-order valence-electron chi connectivity index (χ2n) is 7.22. The van der Waals surface area contributed by atoms with Gasteiger partial charge in [-0.05, 0) is 48.0 Å². The van der Waals surface area contributed by atoms with E-state index in [1.54, 1.807) is 39.7 Å². The van der Waals surface area contributed by atoms with Gasteiger partial charge in [0.2, 0.25) is 0 Å². The maximum Gasteiger partial charge on any atom is 0.271 e. The number of rotatable bonds is 8. The maximum absolute atomic E-state index is 12.5. The van der Waals surface area contributed by atoms with E-state index in [1.165, 1.54) is 0 Å². The highest BCUT2D eigenvalue weighted by molar-refractivity contribution is 5.98. The SMILES string of the molecule is COc1ccccc1/C=N\NC(=O)c1ccc2nc(Cc3ccc(OC)c(OC)c3)[nH]c2c1. The molecule has 4 aromatic rings. The Morgan fingerprint density at radius 3 is 2.55 bits per heavy atom. The van der Waals surface area contributed by atoms with Crippen molar-refractivity contribution in [2.75, 3.05) is 21.3 Å². The van der Waals surface area contributed by atoms with Crippen LogP contribution in [0.15, 0.2) is 65.8 Å². The number of nitrogens with zero attached hydrogens (tertiary/aromatic N) is 2. The van der Waals surface area contributed by atoms with Crippen molar-refractivity contribution in [1.29, 1.82) is 0 Å². The van der Waals surface area contributed by atoms with Crippen molar-refractivity contribution in [2.45, 2.75) is 6.42 Å². The van der Waals surface area contributed by atoms with Crippen LogP contribution in [0.25, 0.3) is 11.0 Å².